The standard InChI is InChI=1S/C13H23NO5/c1-18-9-10-19-8-3-2-7-14-11(15)13(12(16)17)5-4-6-13/h2-10H2,1H3,(H,14,15)(H,16,17). The van der Waals surface area contributed by atoms with Gasteiger partial charge in [0.15, 0.2) is 0 Å². The molecule has 6 heteroatoms. The monoisotopic (exact) mass is 273 g/mol. The van der Waals surface area contributed by atoms with Gasteiger partial charge in [-0.3, -0.25) is 9.59 Å². The van der Waals surface area contributed by atoms with Crippen LogP contribution in [-0.4, -0.2) is 50.5 Å². The van der Waals surface area contributed by atoms with Crippen molar-refractivity contribution >= 4 is 11.9 Å². The van der Waals surface area contributed by atoms with Crippen LogP contribution in [0.15, 0.2) is 0 Å². The number of rotatable bonds is 10. The molecule has 0 saturated heterocycles. The van der Waals surface area contributed by atoms with Gasteiger partial charge in [0.2, 0.25) is 5.91 Å². The van der Waals surface area contributed by atoms with Crippen LogP contribution in [0.5, 0.6) is 0 Å². The molecule has 0 radical (unpaired) electrons. The van der Waals surface area contributed by atoms with E-state index in [1.54, 1.807) is 7.11 Å². The van der Waals surface area contributed by atoms with Crippen molar-refractivity contribution in [2.75, 3.05) is 33.5 Å². The molecule has 1 saturated carbocycles. The Labute approximate surface area is 113 Å². The Morgan fingerprint density at radius 3 is 2.47 bits per heavy atom. The summed E-state index contributed by atoms with van der Waals surface area (Å²) in [6, 6.07) is 0. The molecule has 0 aromatic carbocycles. The SMILES string of the molecule is COCCOCCCCNC(=O)C1(C(=O)O)CCC1. The molecule has 1 rings (SSSR count). The Morgan fingerprint density at radius 1 is 1.21 bits per heavy atom. The van der Waals surface area contributed by atoms with Crippen LogP contribution in [0.25, 0.3) is 0 Å². The van der Waals surface area contributed by atoms with E-state index >= 15 is 0 Å². The number of carbonyl (C=O) groups excluding carboxylic acids is 1. The summed E-state index contributed by atoms with van der Waals surface area (Å²) in [5, 5.41) is 11.8. The number of carboxylic acid groups (broad SMARTS) is 1. The van der Waals surface area contributed by atoms with Crippen molar-refractivity contribution in [3.63, 3.8) is 0 Å². The van der Waals surface area contributed by atoms with E-state index in [0.717, 1.165) is 19.3 Å². The highest BCUT2D eigenvalue weighted by Gasteiger charge is 2.50. The highest BCUT2D eigenvalue weighted by atomic mass is 16.5. The van der Waals surface area contributed by atoms with Crippen LogP contribution >= 0.6 is 0 Å². The molecule has 0 heterocycles. The van der Waals surface area contributed by atoms with Crippen molar-refractivity contribution in [3.05, 3.63) is 0 Å². The molecule has 1 fully saturated rings. The highest BCUT2D eigenvalue weighted by molar-refractivity contribution is 6.02. The molecular weight excluding hydrogens is 250 g/mol. The summed E-state index contributed by atoms with van der Waals surface area (Å²) in [5.74, 6) is -1.34. The minimum atomic E-state index is -1.16. The molecule has 6 nitrogen and oxygen atoms in total. The molecule has 19 heavy (non-hydrogen) atoms. The number of carboxylic acids is 1. The summed E-state index contributed by atoms with van der Waals surface area (Å²) >= 11 is 0. The second-order valence-electron chi connectivity index (χ2n) is 4.81. The summed E-state index contributed by atoms with van der Waals surface area (Å²) in [4.78, 5) is 22.9. The number of carbonyl (C=O) groups is 2. The molecule has 0 aromatic rings. The van der Waals surface area contributed by atoms with E-state index in [1.807, 2.05) is 0 Å². The fourth-order valence-corrected chi connectivity index (χ4v) is 2.01. The molecule has 2 N–H and O–H groups in total. The van der Waals surface area contributed by atoms with E-state index in [2.05, 4.69) is 5.32 Å². The molecule has 0 aliphatic heterocycles. The summed E-state index contributed by atoms with van der Waals surface area (Å²) in [5.41, 5.74) is -1.16. The van der Waals surface area contributed by atoms with Gasteiger partial charge < -0.3 is 19.9 Å². The van der Waals surface area contributed by atoms with E-state index < -0.39 is 11.4 Å². The number of methoxy groups -OCH3 is 1. The summed E-state index contributed by atoms with van der Waals surface area (Å²) in [6.45, 7) is 2.29. The topological polar surface area (TPSA) is 84.9 Å². The summed E-state index contributed by atoms with van der Waals surface area (Å²) in [7, 11) is 1.62. The number of unbranched alkanes of at least 4 members (excludes halogenated alkanes) is 1. The van der Waals surface area contributed by atoms with Crippen LogP contribution in [0.3, 0.4) is 0 Å². The van der Waals surface area contributed by atoms with Crippen molar-refractivity contribution in [2.24, 2.45) is 5.41 Å². The zero-order valence-corrected chi connectivity index (χ0v) is 11.4. The van der Waals surface area contributed by atoms with Crippen molar-refractivity contribution in [2.45, 2.75) is 32.1 Å². The van der Waals surface area contributed by atoms with Gasteiger partial charge in [-0.1, -0.05) is 6.42 Å². The molecular formula is C13H23NO5. The lowest BCUT2D eigenvalue weighted by Crippen LogP contribution is -2.51. The van der Waals surface area contributed by atoms with Gasteiger partial charge in [0.25, 0.3) is 0 Å². The highest BCUT2D eigenvalue weighted by Crippen LogP contribution is 2.41. The van der Waals surface area contributed by atoms with Gasteiger partial charge in [0.05, 0.1) is 13.2 Å². The lowest BCUT2D eigenvalue weighted by atomic mass is 9.68. The molecule has 0 aromatic heterocycles. The quantitative estimate of drug-likeness (QED) is 0.454. The first-order valence-corrected chi connectivity index (χ1v) is 6.72. The van der Waals surface area contributed by atoms with Crippen LogP contribution in [0.1, 0.15) is 32.1 Å². The maximum absolute atomic E-state index is 11.8. The van der Waals surface area contributed by atoms with E-state index in [9.17, 15) is 9.59 Å². The van der Waals surface area contributed by atoms with Gasteiger partial charge in [-0.25, -0.2) is 0 Å². The Balaban J connectivity index is 2.06. The third-order valence-electron chi connectivity index (χ3n) is 3.48. The fraction of sp³-hybridized carbons (Fsp3) is 0.846. The normalized spacial score (nSPS) is 16.7. The number of amides is 1. The average Bonchev–Trinajstić information content (AvgIpc) is 2.30. The maximum atomic E-state index is 11.8. The van der Waals surface area contributed by atoms with Crippen molar-refractivity contribution in [3.8, 4) is 0 Å². The first-order valence-electron chi connectivity index (χ1n) is 6.72. The van der Waals surface area contributed by atoms with Gasteiger partial charge in [0.1, 0.15) is 5.41 Å². The van der Waals surface area contributed by atoms with E-state index in [4.69, 9.17) is 14.6 Å². The first-order chi connectivity index (χ1) is 9.13. The minimum Gasteiger partial charge on any atom is -0.480 e. The van der Waals surface area contributed by atoms with E-state index in [0.29, 0.717) is 39.2 Å². The molecule has 1 aliphatic rings. The second-order valence-corrected chi connectivity index (χ2v) is 4.81. The lowest BCUT2D eigenvalue weighted by molar-refractivity contribution is -0.162. The second kappa shape index (κ2) is 8.12. The third-order valence-corrected chi connectivity index (χ3v) is 3.48. The van der Waals surface area contributed by atoms with Crippen molar-refractivity contribution in [1.82, 2.24) is 5.32 Å². The fourth-order valence-electron chi connectivity index (χ4n) is 2.01. The number of hydrogen-bond acceptors (Lipinski definition) is 4. The van der Waals surface area contributed by atoms with Crippen molar-refractivity contribution in [1.29, 1.82) is 0 Å². The van der Waals surface area contributed by atoms with Gasteiger partial charge >= 0.3 is 5.97 Å². The van der Waals surface area contributed by atoms with Crippen LogP contribution in [0, 0.1) is 5.41 Å². The van der Waals surface area contributed by atoms with Gasteiger partial charge in [-0.15, -0.1) is 0 Å². The molecule has 0 unspecified atom stereocenters. The lowest BCUT2D eigenvalue weighted by Gasteiger charge is -2.35. The van der Waals surface area contributed by atoms with E-state index in [1.165, 1.54) is 0 Å². The predicted molar refractivity (Wildman–Crippen MR) is 68.9 cm³/mol. The Kier molecular flexibility index (Phi) is 6.80. The molecule has 1 amide bonds. The maximum Gasteiger partial charge on any atom is 0.319 e. The van der Waals surface area contributed by atoms with Gasteiger partial charge in [-0.05, 0) is 25.7 Å². The Bertz CT molecular complexity index is 301. The Hall–Kier alpha value is -1.14. The zero-order chi connectivity index (χ0) is 14.1. The molecule has 0 spiro atoms. The van der Waals surface area contributed by atoms with Crippen LogP contribution in [0.4, 0.5) is 0 Å². The molecule has 0 bridgehead atoms. The number of aliphatic carboxylic acids is 1. The van der Waals surface area contributed by atoms with Crippen LogP contribution in [0.2, 0.25) is 0 Å². The Morgan fingerprint density at radius 2 is 1.95 bits per heavy atom. The number of nitrogens with one attached hydrogen (secondary N) is 1. The van der Waals surface area contributed by atoms with Gasteiger partial charge in [0, 0.05) is 20.3 Å². The largest absolute Gasteiger partial charge is 0.480 e. The molecule has 110 valence electrons. The van der Waals surface area contributed by atoms with Crippen LogP contribution in [-0.2, 0) is 19.1 Å². The van der Waals surface area contributed by atoms with E-state index in [-0.39, 0.29) is 5.91 Å². The molecule has 1 aliphatic carbocycles. The summed E-state index contributed by atoms with van der Waals surface area (Å²) < 4.78 is 10.1. The van der Waals surface area contributed by atoms with Crippen molar-refractivity contribution < 1.29 is 24.2 Å². The predicted octanol–water partition coefficient (Wildman–Crippen LogP) is 0.801. The van der Waals surface area contributed by atoms with Gasteiger partial charge in [-0.2, -0.15) is 0 Å². The zero-order valence-electron chi connectivity index (χ0n) is 11.4. The first kappa shape index (κ1) is 15.9. The van der Waals surface area contributed by atoms with Crippen LogP contribution < -0.4 is 5.32 Å². The summed E-state index contributed by atoms with van der Waals surface area (Å²) in [6.07, 6.45) is 3.34. The molecule has 0 atom stereocenters. The smallest absolute Gasteiger partial charge is 0.319 e. The third kappa shape index (κ3) is 4.47. The minimum absolute atomic E-state index is 0.341. The number of ether oxygens (including phenoxy) is 2. The number of hydrogen-bond donors (Lipinski definition) is 2. The average molecular weight is 273 g/mol.